The monoisotopic (exact) mass is 281 g/mol. The number of nitrogens with one attached hydrogen (secondary N) is 1. The summed E-state index contributed by atoms with van der Waals surface area (Å²) in [5.41, 5.74) is 0. The first kappa shape index (κ1) is 16.3. The van der Waals surface area contributed by atoms with Gasteiger partial charge in [0.2, 0.25) is 0 Å². The van der Waals surface area contributed by atoms with Gasteiger partial charge in [0.15, 0.2) is 0 Å². The third-order valence-electron chi connectivity index (χ3n) is 4.90. The molecule has 0 spiro atoms. The number of rotatable bonds is 7. The van der Waals surface area contributed by atoms with E-state index in [1.54, 1.807) is 0 Å². The summed E-state index contributed by atoms with van der Waals surface area (Å²) < 4.78 is 0. The Bertz CT molecular complexity index is 261. The number of hydrogen-bond donors (Lipinski definition) is 1. The summed E-state index contributed by atoms with van der Waals surface area (Å²) >= 11 is 0. The molecule has 2 heterocycles. The predicted molar refractivity (Wildman–Crippen MR) is 87.1 cm³/mol. The van der Waals surface area contributed by atoms with Crippen LogP contribution in [0.2, 0.25) is 0 Å². The number of hydrogen-bond acceptors (Lipinski definition) is 3. The zero-order valence-corrected chi connectivity index (χ0v) is 13.9. The minimum Gasteiger partial charge on any atom is -0.316 e. The van der Waals surface area contributed by atoms with E-state index >= 15 is 0 Å². The van der Waals surface area contributed by atoms with Gasteiger partial charge in [-0.05, 0) is 70.7 Å². The molecule has 3 heteroatoms. The van der Waals surface area contributed by atoms with Gasteiger partial charge in [0.1, 0.15) is 0 Å². The van der Waals surface area contributed by atoms with Crippen molar-refractivity contribution in [2.75, 3.05) is 45.8 Å². The van der Waals surface area contributed by atoms with E-state index in [1.165, 1.54) is 71.5 Å². The van der Waals surface area contributed by atoms with Crippen LogP contribution in [0.25, 0.3) is 0 Å². The highest BCUT2D eigenvalue weighted by Gasteiger charge is 2.27. The molecule has 2 atom stereocenters. The van der Waals surface area contributed by atoms with Crippen molar-refractivity contribution in [1.29, 1.82) is 0 Å². The van der Waals surface area contributed by atoms with Crippen LogP contribution in [0.15, 0.2) is 0 Å². The Labute approximate surface area is 126 Å². The third-order valence-corrected chi connectivity index (χ3v) is 4.90. The van der Waals surface area contributed by atoms with Gasteiger partial charge < -0.3 is 10.2 Å². The molecular weight excluding hydrogens is 246 g/mol. The van der Waals surface area contributed by atoms with Gasteiger partial charge in [-0.1, -0.05) is 20.3 Å². The molecule has 118 valence electrons. The summed E-state index contributed by atoms with van der Waals surface area (Å²) in [5, 5.41) is 3.63. The van der Waals surface area contributed by atoms with Crippen molar-refractivity contribution in [3.63, 3.8) is 0 Å². The summed E-state index contributed by atoms with van der Waals surface area (Å²) in [4.78, 5) is 5.40. The molecule has 20 heavy (non-hydrogen) atoms. The second-order valence-corrected chi connectivity index (χ2v) is 7.41. The van der Waals surface area contributed by atoms with Gasteiger partial charge in [0, 0.05) is 19.1 Å². The van der Waals surface area contributed by atoms with Crippen LogP contribution >= 0.6 is 0 Å². The standard InChI is InChI=1S/C17H35N3/c1-15(2)11-18-12-17-7-10-20(14-17)16(3)13-19-8-5-4-6-9-19/h15-18H,4-14H2,1-3H3. The third kappa shape index (κ3) is 5.34. The van der Waals surface area contributed by atoms with E-state index in [4.69, 9.17) is 0 Å². The van der Waals surface area contributed by atoms with Crippen LogP contribution in [-0.4, -0.2) is 61.7 Å². The summed E-state index contributed by atoms with van der Waals surface area (Å²) in [5.74, 6) is 1.64. The number of piperidine rings is 1. The van der Waals surface area contributed by atoms with Crippen molar-refractivity contribution >= 4 is 0 Å². The molecule has 2 saturated heterocycles. The van der Waals surface area contributed by atoms with E-state index in [0.29, 0.717) is 0 Å². The normalized spacial score (nSPS) is 27.3. The van der Waals surface area contributed by atoms with Crippen LogP contribution in [-0.2, 0) is 0 Å². The molecular formula is C17H35N3. The Balaban J connectivity index is 1.63. The molecule has 0 aromatic heterocycles. The highest BCUT2D eigenvalue weighted by Crippen LogP contribution is 2.19. The summed E-state index contributed by atoms with van der Waals surface area (Å²) in [7, 11) is 0. The van der Waals surface area contributed by atoms with E-state index in [-0.39, 0.29) is 0 Å². The molecule has 2 aliphatic heterocycles. The van der Waals surface area contributed by atoms with Gasteiger partial charge >= 0.3 is 0 Å². The highest BCUT2D eigenvalue weighted by molar-refractivity contribution is 4.82. The average molecular weight is 281 g/mol. The van der Waals surface area contributed by atoms with E-state index in [9.17, 15) is 0 Å². The van der Waals surface area contributed by atoms with Crippen molar-refractivity contribution in [3.05, 3.63) is 0 Å². The Kier molecular flexibility index (Phi) is 6.79. The molecule has 0 radical (unpaired) electrons. The predicted octanol–water partition coefficient (Wildman–Crippen LogP) is 2.43. The van der Waals surface area contributed by atoms with Crippen LogP contribution in [0.4, 0.5) is 0 Å². The SMILES string of the molecule is CC(C)CNCC1CCN(C(C)CN2CCCCC2)C1. The van der Waals surface area contributed by atoms with Crippen molar-refractivity contribution in [3.8, 4) is 0 Å². The van der Waals surface area contributed by atoms with Crippen molar-refractivity contribution in [1.82, 2.24) is 15.1 Å². The molecule has 1 N–H and O–H groups in total. The lowest BCUT2D eigenvalue weighted by molar-refractivity contribution is 0.150. The second-order valence-electron chi connectivity index (χ2n) is 7.41. The van der Waals surface area contributed by atoms with Crippen LogP contribution in [0, 0.1) is 11.8 Å². The zero-order chi connectivity index (χ0) is 14.4. The Morgan fingerprint density at radius 1 is 1.05 bits per heavy atom. The van der Waals surface area contributed by atoms with Crippen LogP contribution < -0.4 is 5.32 Å². The lowest BCUT2D eigenvalue weighted by atomic mass is 10.1. The minimum atomic E-state index is 0.739. The second kappa shape index (κ2) is 8.35. The Hall–Kier alpha value is -0.120. The molecule has 2 aliphatic rings. The molecule has 2 unspecified atom stereocenters. The molecule has 0 amide bonds. The van der Waals surface area contributed by atoms with Gasteiger partial charge in [-0.25, -0.2) is 0 Å². The minimum absolute atomic E-state index is 0.739. The number of nitrogens with zero attached hydrogens (tertiary/aromatic N) is 2. The summed E-state index contributed by atoms with van der Waals surface area (Å²) in [6.45, 7) is 15.9. The van der Waals surface area contributed by atoms with Crippen LogP contribution in [0.1, 0.15) is 46.5 Å². The molecule has 0 bridgehead atoms. The maximum atomic E-state index is 3.63. The average Bonchev–Trinajstić information content (AvgIpc) is 2.88. The molecule has 0 aliphatic carbocycles. The van der Waals surface area contributed by atoms with E-state index in [1.807, 2.05) is 0 Å². The number of likely N-dealkylation sites (tertiary alicyclic amines) is 2. The fraction of sp³-hybridized carbons (Fsp3) is 1.00. The first-order valence-corrected chi connectivity index (χ1v) is 8.82. The topological polar surface area (TPSA) is 18.5 Å². The molecule has 0 saturated carbocycles. The van der Waals surface area contributed by atoms with Crippen molar-refractivity contribution in [2.45, 2.75) is 52.5 Å². The van der Waals surface area contributed by atoms with Gasteiger partial charge in [0.25, 0.3) is 0 Å². The van der Waals surface area contributed by atoms with Gasteiger partial charge in [0.05, 0.1) is 0 Å². The Morgan fingerprint density at radius 3 is 2.50 bits per heavy atom. The zero-order valence-electron chi connectivity index (χ0n) is 13.9. The smallest absolute Gasteiger partial charge is 0.0195 e. The van der Waals surface area contributed by atoms with E-state index in [2.05, 4.69) is 35.9 Å². The van der Waals surface area contributed by atoms with Gasteiger partial charge in [-0.15, -0.1) is 0 Å². The van der Waals surface area contributed by atoms with E-state index in [0.717, 1.165) is 17.9 Å². The molecule has 0 aromatic rings. The first-order valence-electron chi connectivity index (χ1n) is 8.82. The van der Waals surface area contributed by atoms with Gasteiger partial charge in [-0.2, -0.15) is 0 Å². The quantitative estimate of drug-likeness (QED) is 0.773. The molecule has 0 aromatic carbocycles. The maximum Gasteiger partial charge on any atom is 0.0195 e. The fourth-order valence-electron chi connectivity index (χ4n) is 3.64. The van der Waals surface area contributed by atoms with Gasteiger partial charge in [-0.3, -0.25) is 4.90 Å². The van der Waals surface area contributed by atoms with Crippen LogP contribution in [0.3, 0.4) is 0 Å². The summed E-state index contributed by atoms with van der Waals surface area (Å²) in [6.07, 6.45) is 5.65. The molecule has 3 nitrogen and oxygen atoms in total. The largest absolute Gasteiger partial charge is 0.316 e. The van der Waals surface area contributed by atoms with Crippen LogP contribution in [0.5, 0.6) is 0 Å². The molecule has 2 rings (SSSR count). The Morgan fingerprint density at radius 2 is 1.80 bits per heavy atom. The first-order chi connectivity index (χ1) is 9.65. The fourth-order valence-corrected chi connectivity index (χ4v) is 3.64. The molecule has 2 fully saturated rings. The van der Waals surface area contributed by atoms with Crippen molar-refractivity contribution in [2.24, 2.45) is 11.8 Å². The van der Waals surface area contributed by atoms with E-state index < -0.39 is 0 Å². The lowest BCUT2D eigenvalue weighted by Crippen LogP contribution is -2.43. The maximum absolute atomic E-state index is 3.63. The lowest BCUT2D eigenvalue weighted by Gasteiger charge is -2.33. The summed E-state index contributed by atoms with van der Waals surface area (Å²) in [6, 6.07) is 0.739. The highest BCUT2D eigenvalue weighted by atomic mass is 15.2. The van der Waals surface area contributed by atoms with Crippen molar-refractivity contribution < 1.29 is 0 Å².